The van der Waals surface area contributed by atoms with Crippen LogP contribution in [-0.4, -0.2) is 40.0 Å². The minimum absolute atomic E-state index is 0.0941. The standard InChI is InChI=1S/C18H22FN3O/c19-16-4-3-5-17(10-16)22-13-15(11-20-22)12-21-8-9-23-18(14-21)6-1-2-7-18/h3-5,10-11,13H,1-2,6-9,12,14H2. The monoisotopic (exact) mass is 315 g/mol. The molecule has 0 N–H and O–H groups in total. The maximum absolute atomic E-state index is 13.3. The zero-order valence-electron chi connectivity index (χ0n) is 13.2. The van der Waals surface area contributed by atoms with Gasteiger partial charge >= 0.3 is 0 Å². The molecule has 0 unspecified atom stereocenters. The van der Waals surface area contributed by atoms with E-state index < -0.39 is 0 Å². The van der Waals surface area contributed by atoms with Crippen molar-refractivity contribution in [3.8, 4) is 5.69 Å². The number of halogens is 1. The molecule has 2 aromatic rings. The van der Waals surface area contributed by atoms with Gasteiger partial charge in [0, 0.05) is 31.4 Å². The van der Waals surface area contributed by atoms with Crippen molar-refractivity contribution in [1.29, 1.82) is 0 Å². The average molecular weight is 315 g/mol. The zero-order chi connectivity index (χ0) is 15.7. The number of rotatable bonds is 3. The molecule has 1 saturated heterocycles. The molecule has 0 bridgehead atoms. The summed E-state index contributed by atoms with van der Waals surface area (Å²) in [5.74, 6) is -0.240. The fraction of sp³-hybridized carbons (Fsp3) is 0.500. The molecule has 1 aromatic carbocycles. The Balaban J connectivity index is 1.45. The number of morpholine rings is 1. The summed E-state index contributed by atoms with van der Waals surface area (Å²) in [7, 11) is 0. The number of hydrogen-bond donors (Lipinski definition) is 0. The lowest BCUT2D eigenvalue weighted by Crippen LogP contribution is -2.49. The van der Waals surface area contributed by atoms with Crippen LogP contribution >= 0.6 is 0 Å². The van der Waals surface area contributed by atoms with Crippen molar-refractivity contribution in [2.75, 3.05) is 19.7 Å². The van der Waals surface area contributed by atoms with E-state index in [0.717, 1.165) is 37.5 Å². The Morgan fingerprint density at radius 3 is 2.96 bits per heavy atom. The van der Waals surface area contributed by atoms with E-state index >= 15 is 0 Å². The van der Waals surface area contributed by atoms with Gasteiger partial charge in [-0.25, -0.2) is 9.07 Å². The van der Waals surface area contributed by atoms with E-state index in [2.05, 4.69) is 10.00 Å². The van der Waals surface area contributed by atoms with Gasteiger partial charge in [0.25, 0.3) is 0 Å². The van der Waals surface area contributed by atoms with Gasteiger partial charge < -0.3 is 4.74 Å². The summed E-state index contributed by atoms with van der Waals surface area (Å²) in [6.45, 7) is 3.67. The number of nitrogens with zero attached hydrogens (tertiary/aromatic N) is 3. The van der Waals surface area contributed by atoms with Gasteiger partial charge in [-0.15, -0.1) is 0 Å². The molecular weight excluding hydrogens is 293 g/mol. The smallest absolute Gasteiger partial charge is 0.125 e. The molecule has 0 atom stereocenters. The van der Waals surface area contributed by atoms with Crippen molar-refractivity contribution in [2.24, 2.45) is 0 Å². The first kappa shape index (κ1) is 14.8. The number of ether oxygens (including phenoxy) is 1. The molecule has 2 heterocycles. The van der Waals surface area contributed by atoms with Crippen molar-refractivity contribution in [3.63, 3.8) is 0 Å². The fourth-order valence-corrected chi connectivity index (χ4v) is 3.84. The minimum Gasteiger partial charge on any atom is -0.372 e. The molecule has 1 spiro atoms. The first-order valence-electron chi connectivity index (χ1n) is 8.38. The van der Waals surface area contributed by atoms with Crippen LogP contribution in [0.2, 0.25) is 0 Å². The van der Waals surface area contributed by atoms with Crippen molar-refractivity contribution >= 4 is 0 Å². The summed E-state index contributed by atoms with van der Waals surface area (Å²) in [6.07, 6.45) is 8.81. The van der Waals surface area contributed by atoms with E-state index in [1.165, 1.54) is 37.8 Å². The van der Waals surface area contributed by atoms with Crippen molar-refractivity contribution in [1.82, 2.24) is 14.7 Å². The molecule has 2 fully saturated rings. The topological polar surface area (TPSA) is 30.3 Å². The van der Waals surface area contributed by atoms with Gasteiger partial charge in [-0.05, 0) is 31.0 Å². The third kappa shape index (κ3) is 3.16. The minimum atomic E-state index is -0.240. The molecule has 1 saturated carbocycles. The molecule has 4 rings (SSSR count). The summed E-state index contributed by atoms with van der Waals surface area (Å²) in [4.78, 5) is 2.46. The van der Waals surface area contributed by atoms with Crippen LogP contribution in [0.5, 0.6) is 0 Å². The molecule has 4 nitrogen and oxygen atoms in total. The summed E-state index contributed by atoms with van der Waals surface area (Å²) >= 11 is 0. The van der Waals surface area contributed by atoms with E-state index in [1.54, 1.807) is 10.7 Å². The van der Waals surface area contributed by atoms with E-state index in [-0.39, 0.29) is 11.4 Å². The van der Waals surface area contributed by atoms with Crippen LogP contribution in [-0.2, 0) is 11.3 Å². The third-order valence-electron chi connectivity index (χ3n) is 4.96. The zero-order valence-corrected chi connectivity index (χ0v) is 13.2. The molecule has 23 heavy (non-hydrogen) atoms. The van der Waals surface area contributed by atoms with E-state index in [1.807, 2.05) is 18.5 Å². The maximum Gasteiger partial charge on any atom is 0.125 e. The lowest BCUT2D eigenvalue weighted by atomic mass is 9.99. The van der Waals surface area contributed by atoms with E-state index in [9.17, 15) is 4.39 Å². The first-order valence-corrected chi connectivity index (χ1v) is 8.38. The second-order valence-corrected chi connectivity index (χ2v) is 6.72. The molecule has 122 valence electrons. The normalized spacial score (nSPS) is 21.1. The highest BCUT2D eigenvalue weighted by molar-refractivity contribution is 5.31. The van der Waals surface area contributed by atoms with Gasteiger partial charge in [0.05, 0.1) is 24.1 Å². The largest absolute Gasteiger partial charge is 0.372 e. The van der Waals surface area contributed by atoms with Gasteiger partial charge in [-0.3, -0.25) is 4.90 Å². The highest BCUT2D eigenvalue weighted by Gasteiger charge is 2.39. The van der Waals surface area contributed by atoms with Crippen LogP contribution in [0.3, 0.4) is 0 Å². The van der Waals surface area contributed by atoms with Crippen molar-refractivity contribution < 1.29 is 9.13 Å². The predicted octanol–water partition coefficient (Wildman–Crippen LogP) is 3.16. The molecular formula is C18H22FN3O. The second-order valence-electron chi connectivity index (χ2n) is 6.72. The summed E-state index contributed by atoms with van der Waals surface area (Å²) in [5.41, 5.74) is 2.01. The van der Waals surface area contributed by atoms with Crippen molar-refractivity contribution in [3.05, 3.63) is 48.0 Å². The van der Waals surface area contributed by atoms with Gasteiger partial charge in [-0.1, -0.05) is 18.9 Å². The van der Waals surface area contributed by atoms with Gasteiger partial charge in [0.15, 0.2) is 0 Å². The molecule has 0 amide bonds. The second kappa shape index (κ2) is 6.06. The number of hydrogen-bond acceptors (Lipinski definition) is 3. The highest BCUT2D eigenvalue weighted by Crippen LogP contribution is 2.36. The molecule has 1 aliphatic heterocycles. The quantitative estimate of drug-likeness (QED) is 0.871. The Hall–Kier alpha value is -1.72. The Bertz CT molecular complexity index is 678. The maximum atomic E-state index is 13.3. The van der Waals surface area contributed by atoms with Gasteiger partial charge in [0.2, 0.25) is 0 Å². The summed E-state index contributed by atoms with van der Waals surface area (Å²) in [6, 6.07) is 6.52. The Kier molecular flexibility index (Phi) is 3.91. The van der Waals surface area contributed by atoms with Crippen LogP contribution in [0.4, 0.5) is 4.39 Å². The molecule has 5 heteroatoms. The van der Waals surface area contributed by atoms with Gasteiger partial charge in [0.1, 0.15) is 5.82 Å². The summed E-state index contributed by atoms with van der Waals surface area (Å²) in [5, 5.41) is 4.37. The predicted molar refractivity (Wildman–Crippen MR) is 86.0 cm³/mol. The molecule has 0 radical (unpaired) electrons. The summed E-state index contributed by atoms with van der Waals surface area (Å²) < 4.78 is 21.2. The first-order chi connectivity index (χ1) is 11.2. The van der Waals surface area contributed by atoms with Crippen molar-refractivity contribution in [2.45, 2.75) is 37.8 Å². The van der Waals surface area contributed by atoms with Crippen LogP contribution < -0.4 is 0 Å². The third-order valence-corrected chi connectivity index (χ3v) is 4.96. The van der Waals surface area contributed by atoms with E-state index in [4.69, 9.17) is 4.74 Å². The van der Waals surface area contributed by atoms with Gasteiger partial charge in [-0.2, -0.15) is 5.10 Å². The SMILES string of the molecule is Fc1cccc(-n2cc(CN3CCOC4(CCCC4)C3)cn2)c1. The van der Waals surface area contributed by atoms with Crippen LogP contribution in [0.15, 0.2) is 36.7 Å². The number of aromatic nitrogens is 2. The number of benzene rings is 1. The van der Waals surface area contributed by atoms with Crippen LogP contribution in [0.25, 0.3) is 5.69 Å². The lowest BCUT2D eigenvalue weighted by molar-refractivity contribution is -0.107. The molecule has 1 aromatic heterocycles. The van der Waals surface area contributed by atoms with E-state index in [0.29, 0.717) is 0 Å². The molecule has 1 aliphatic carbocycles. The Labute approximate surface area is 135 Å². The van der Waals surface area contributed by atoms with Crippen LogP contribution in [0.1, 0.15) is 31.2 Å². The lowest BCUT2D eigenvalue weighted by Gasteiger charge is -2.40. The highest BCUT2D eigenvalue weighted by atomic mass is 19.1. The fourth-order valence-electron chi connectivity index (χ4n) is 3.84. The molecule has 2 aliphatic rings. The van der Waals surface area contributed by atoms with Crippen LogP contribution in [0, 0.1) is 5.82 Å². The Morgan fingerprint density at radius 2 is 2.13 bits per heavy atom. The average Bonchev–Trinajstić information content (AvgIpc) is 3.18. The Morgan fingerprint density at radius 1 is 1.26 bits per heavy atom.